The molecule has 0 aliphatic heterocycles. The summed E-state index contributed by atoms with van der Waals surface area (Å²) in [4.78, 5) is 11.8. The van der Waals surface area contributed by atoms with Crippen LogP contribution >= 0.6 is 31.9 Å². The highest BCUT2D eigenvalue weighted by Gasteiger charge is 2.18. The molecule has 1 aromatic carbocycles. The van der Waals surface area contributed by atoms with Crippen LogP contribution in [0, 0.1) is 11.2 Å². The summed E-state index contributed by atoms with van der Waals surface area (Å²) in [7, 11) is 0. The van der Waals surface area contributed by atoms with Crippen molar-refractivity contribution in [1.29, 1.82) is 0 Å². The van der Waals surface area contributed by atoms with Crippen LogP contribution in [-0.2, 0) is 0 Å². The Balaban J connectivity index is 2.68. The third-order valence-corrected chi connectivity index (χ3v) is 4.43. The summed E-state index contributed by atoms with van der Waals surface area (Å²) in [5, 5.41) is 3.57. The number of amides is 1. The second-order valence-electron chi connectivity index (χ2n) is 4.61. The van der Waals surface area contributed by atoms with Crippen molar-refractivity contribution in [2.45, 2.75) is 13.8 Å². The van der Waals surface area contributed by atoms with Gasteiger partial charge in [-0.25, -0.2) is 4.39 Å². The van der Waals surface area contributed by atoms with Crippen LogP contribution in [0.2, 0.25) is 0 Å². The van der Waals surface area contributed by atoms with E-state index in [0.717, 1.165) is 5.33 Å². The van der Waals surface area contributed by atoms with E-state index in [1.54, 1.807) is 6.07 Å². The molecule has 0 saturated carbocycles. The van der Waals surface area contributed by atoms with E-state index in [-0.39, 0.29) is 11.3 Å². The fraction of sp³-hybridized carbons (Fsp3) is 0.417. The number of benzene rings is 1. The van der Waals surface area contributed by atoms with E-state index in [0.29, 0.717) is 16.6 Å². The zero-order valence-electron chi connectivity index (χ0n) is 9.69. The van der Waals surface area contributed by atoms with Crippen molar-refractivity contribution < 1.29 is 9.18 Å². The van der Waals surface area contributed by atoms with Crippen molar-refractivity contribution >= 4 is 37.8 Å². The van der Waals surface area contributed by atoms with Crippen molar-refractivity contribution in [3.8, 4) is 0 Å². The molecule has 0 fully saturated rings. The Morgan fingerprint density at radius 1 is 1.47 bits per heavy atom. The molecule has 0 atom stereocenters. The molecule has 0 radical (unpaired) electrons. The molecule has 0 saturated heterocycles. The maximum absolute atomic E-state index is 13.2. The van der Waals surface area contributed by atoms with E-state index in [9.17, 15) is 9.18 Å². The molecule has 0 aliphatic carbocycles. The highest BCUT2D eigenvalue weighted by atomic mass is 79.9. The van der Waals surface area contributed by atoms with Gasteiger partial charge in [-0.3, -0.25) is 4.79 Å². The standard InChI is InChI=1S/C12H14Br2FNO/c1-12(2,6-13)7-16-11(17)8-3-4-9(14)10(15)5-8/h3-5H,6-7H2,1-2H3,(H,16,17). The maximum Gasteiger partial charge on any atom is 0.251 e. The third kappa shape index (κ3) is 4.39. The molecule has 2 nitrogen and oxygen atoms in total. The van der Waals surface area contributed by atoms with Crippen LogP contribution in [-0.4, -0.2) is 17.8 Å². The third-order valence-electron chi connectivity index (χ3n) is 2.27. The number of rotatable bonds is 4. The molecule has 0 aromatic heterocycles. The summed E-state index contributed by atoms with van der Waals surface area (Å²) >= 11 is 6.43. The van der Waals surface area contributed by atoms with Crippen LogP contribution in [0.4, 0.5) is 4.39 Å². The number of carbonyl (C=O) groups is 1. The number of halogens is 3. The van der Waals surface area contributed by atoms with Crippen LogP contribution in [0.1, 0.15) is 24.2 Å². The average Bonchev–Trinajstić information content (AvgIpc) is 2.30. The SMILES string of the molecule is CC(C)(CBr)CNC(=O)c1ccc(Br)c(F)c1. The summed E-state index contributed by atoms with van der Waals surface area (Å²) < 4.78 is 13.6. The Bertz CT molecular complexity index is 421. The molecule has 17 heavy (non-hydrogen) atoms. The highest BCUT2D eigenvalue weighted by Crippen LogP contribution is 2.18. The second-order valence-corrected chi connectivity index (χ2v) is 6.02. The number of hydrogen-bond donors (Lipinski definition) is 1. The average molecular weight is 367 g/mol. The van der Waals surface area contributed by atoms with Gasteiger partial charge in [-0.15, -0.1) is 0 Å². The summed E-state index contributed by atoms with van der Waals surface area (Å²) in [6.07, 6.45) is 0. The monoisotopic (exact) mass is 365 g/mol. The molecule has 0 spiro atoms. The van der Waals surface area contributed by atoms with Gasteiger partial charge in [-0.1, -0.05) is 29.8 Å². The lowest BCUT2D eigenvalue weighted by atomic mass is 9.97. The number of hydrogen-bond acceptors (Lipinski definition) is 1. The van der Waals surface area contributed by atoms with Gasteiger partial charge in [-0.2, -0.15) is 0 Å². The molecule has 0 unspecified atom stereocenters. The lowest BCUT2D eigenvalue weighted by molar-refractivity contribution is 0.0939. The van der Waals surface area contributed by atoms with E-state index in [4.69, 9.17) is 0 Å². The molecule has 0 heterocycles. The van der Waals surface area contributed by atoms with Gasteiger partial charge in [0, 0.05) is 17.4 Å². The van der Waals surface area contributed by atoms with Crippen LogP contribution in [0.5, 0.6) is 0 Å². The predicted molar refractivity (Wildman–Crippen MR) is 74.0 cm³/mol. The normalized spacial score (nSPS) is 11.4. The Morgan fingerprint density at radius 2 is 2.12 bits per heavy atom. The van der Waals surface area contributed by atoms with E-state index in [1.165, 1.54) is 12.1 Å². The van der Waals surface area contributed by atoms with Gasteiger partial charge in [0.1, 0.15) is 5.82 Å². The van der Waals surface area contributed by atoms with Crippen LogP contribution in [0.25, 0.3) is 0 Å². The first kappa shape index (κ1) is 14.6. The molecule has 0 aliphatic rings. The molecule has 0 bridgehead atoms. The Hall–Kier alpha value is -0.420. The quantitative estimate of drug-likeness (QED) is 0.808. The van der Waals surface area contributed by atoms with Crippen LogP contribution in [0.15, 0.2) is 22.7 Å². The number of nitrogens with one attached hydrogen (secondary N) is 1. The van der Waals surface area contributed by atoms with Crippen molar-refractivity contribution in [2.24, 2.45) is 5.41 Å². The van der Waals surface area contributed by atoms with E-state index in [1.807, 2.05) is 13.8 Å². The Morgan fingerprint density at radius 3 is 2.65 bits per heavy atom. The summed E-state index contributed by atoms with van der Waals surface area (Å²) in [5.74, 6) is -0.692. The Labute approximate surface area is 117 Å². The minimum atomic E-state index is -0.433. The van der Waals surface area contributed by atoms with Gasteiger partial charge in [0.2, 0.25) is 0 Å². The summed E-state index contributed by atoms with van der Waals surface area (Å²) in [6.45, 7) is 4.60. The van der Waals surface area contributed by atoms with Crippen molar-refractivity contribution in [3.63, 3.8) is 0 Å². The minimum Gasteiger partial charge on any atom is -0.351 e. The first-order valence-electron chi connectivity index (χ1n) is 5.15. The molecule has 1 N–H and O–H groups in total. The number of carbonyl (C=O) groups excluding carboxylic acids is 1. The fourth-order valence-electron chi connectivity index (χ4n) is 1.11. The molecule has 1 aromatic rings. The second kappa shape index (κ2) is 5.96. The predicted octanol–water partition coefficient (Wildman–Crippen LogP) is 3.74. The van der Waals surface area contributed by atoms with Gasteiger partial charge in [0.05, 0.1) is 4.47 Å². The topological polar surface area (TPSA) is 29.1 Å². The zero-order chi connectivity index (χ0) is 13.1. The highest BCUT2D eigenvalue weighted by molar-refractivity contribution is 9.10. The smallest absolute Gasteiger partial charge is 0.251 e. The molecular weight excluding hydrogens is 353 g/mol. The molecule has 94 valence electrons. The van der Waals surface area contributed by atoms with Crippen molar-refractivity contribution in [1.82, 2.24) is 5.32 Å². The van der Waals surface area contributed by atoms with Gasteiger partial charge < -0.3 is 5.32 Å². The summed E-state index contributed by atoms with van der Waals surface area (Å²) in [5.41, 5.74) is 0.305. The minimum absolute atomic E-state index is 0.0242. The lowest BCUT2D eigenvalue weighted by Gasteiger charge is -2.21. The first-order valence-corrected chi connectivity index (χ1v) is 7.06. The van der Waals surface area contributed by atoms with Crippen LogP contribution < -0.4 is 5.32 Å². The van der Waals surface area contributed by atoms with E-state index in [2.05, 4.69) is 37.2 Å². The lowest BCUT2D eigenvalue weighted by Crippen LogP contribution is -2.34. The number of alkyl halides is 1. The van der Waals surface area contributed by atoms with Gasteiger partial charge in [0.15, 0.2) is 0 Å². The molecule has 1 rings (SSSR count). The molecular formula is C12H14Br2FNO. The first-order chi connectivity index (χ1) is 7.85. The molecule has 5 heteroatoms. The van der Waals surface area contributed by atoms with Crippen molar-refractivity contribution in [2.75, 3.05) is 11.9 Å². The fourth-order valence-corrected chi connectivity index (χ4v) is 1.55. The van der Waals surface area contributed by atoms with E-state index >= 15 is 0 Å². The van der Waals surface area contributed by atoms with Crippen LogP contribution in [0.3, 0.4) is 0 Å². The van der Waals surface area contributed by atoms with E-state index < -0.39 is 5.82 Å². The van der Waals surface area contributed by atoms with Gasteiger partial charge in [-0.05, 0) is 39.5 Å². The molecule has 1 amide bonds. The van der Waals surface area contributed by atoms with Gasteiger partial charge >= 0.3 is 0 Å². The zero-order valence-corrected chi connectivity index (χ0v) is 12.9. The van der Waals surface area contributed by atoms with Gasteiger partial charge in [0.25, 0.3) is 5.91 Å². The Kier molecular flexibility index (Phi) is 5.13. The largest absolute Gasteiger partial charge is 0.351 e. The van der Waals surface area contributed by atoms with Crippen molar-refractivity contribution in [3.05, 3.63) is 34.1 Å². The summed E-state index contributed by atoms with van der Waals surface area (Å²) in [6, 6.07) is 4.34. The maximum atomic E-state index is 13.2.